The molecule has 7 nitrogen and oxygen atoms in total. The molecule has 23 heavy (non-hydrogen) atoms. The molecular weight excluding hydrogens is 294 g/mol. The highest BCUT2D eigenvalue weighted by molar-refractivity contribution is 5.93. The van der Waals surface area contributed by atoms with Crippen molar-refractivity contribution < 1.29 is 9.59 Å². The third-order valence-electron chi connectivity index (χ3n) is 5.42. The Kier molecular flexibility index (Phi) is 3.50. The Hall–Kier alpha value is -2.05. The van der Waals surface area contributed by atoms with E-state index < -0.39 is 0 Å². The normalized spacial score (nSPS) is 25.3. The molecule has 0 N–H and O–H groups in total. The van der Waals surface area contributed by atoms with Crippen molar-refractivity contribution in [2.45, 2.75) is 31.7 Å². The summed E-state index contributed by atoms with van der Waals surface area (Å²) in [5.41, 5.74) is 0.850. The number of hydrogen-bond donors (Lipinski definition) is 0. The lowest BCUT2D eigenvalue weighted by Crippen LogP contribution is -2.37. The van der Waals surface area contributed by atoms with Crippen molar-refractivity contribution >= 4 is 17.6 Å². The summed E-state index contributed by atoms with van der Waals surface area (Å²) in [6, 6.07) is 0.251. The molecule has 1 aromatic heterocycles. The number of likely N-dealkylation sites (N-methyl/N-ethyl adjacent to an activating group) is 1. The fourth-order valence-electron chi connectivity index (χ4n) is 3.63. The first kappa shape index (κ1) is 14.5. The zero-order valence-electron chi connectivity index (χ0n) is 13.5. The predicted octanol–water partition coefficient (Wildman–Crippen LogP) is 1.33. The highest BCUT2D eigenvalue weighted by atomic mass is 16.2. The highest BCUT2D eigenvalue weighted by Crippen LogP contribution is 2.31. The van der Waals surface area contributed by atoms with E-state index in [-0.39, 0.29) is 18.0 Å². The van der Waals surface area contributed by atoms with Crippen LogP contribution in [0.5, 0.6) is 0 Å². The van der Waals surface area contributed by atoms with E-state index in [9.17, 15) is 9.59 Å². The first-order valence-corrected chi connectivity index (χ1v) is 8.49. The summed E-state index contributed by atoms with van der Waals surface area (Å²) in [6.07, 6.45) is 7.93. The van der Waals surface area contributed by atoms with Crippen LogP contribution in [0.2, 0.25) is 0 Å². The molecule has 3 amide bonds. The summed E-state index contributed by atoms with van der Waals surface area (Å²) in [5.74, 6) is 0.585. The molecule has 1 saturated carbocycles. The van der Waals surface area contributed by atoms with Crippen LogP contribution in [-0.4, -0.2) is 64.7 Å². The van der Waals surface area contributed by atoms with Gasteiger partial charge in [-0.3, -0.25) is 14.4 Å². The van der Waals surface area contributed by atoms with E-state index in [1.54, 1.807) is 16.0 Å². The van der Waals surface area contributed by atoms with Crippen LogP contribution in [0.1, 0.15) is 31.7 Å². The van der Waals surface area contributed by atoms with Gasteiger partial charge in [-0.2, -0.15) is 5.10 Å². The number of hydrogen-bond acceptors (Lipinski definition) is 3. The third kappa shape index (κ3) is 2.48. The van der Waals surface area contributed by atoms with Gasteiger partial charge in [0, 0.05) is 45.3 Å². The van der Waals surface area contributed by atoms with Gasteiger partial charge in [0.1, 0.15) is 0 Å². The number of aromatic nitrogens is 2. The minimum Gasteiger partial charge on any atom is -0.340 e. The zero-order chi connectivity index (χ0) is 16.0. The van der Waals surface area contributed by atoms with E-state index in [0.717, 1.165) is 44.6 Å². The maximum absolute atomic E-state index is 12.3. The summed E-state index contributed by atoms with van der Waals surface area (Å²) < 4.78 is 1.93. The number of carbonyl (C=O) groups is 2. The average Bonchev–Trinajstić information content (AvgIpc) is 3.18. The Labute approximate surface area is 135 Å². The number of carbonyl (C=O) groups excluding carboxylic acids is 2. The van der Waals surface area contributed by atoms with Gasteiger partial charge in [0.25, 0.3) is 0 Å². The van der Waals surface area contributed by atoms with Crippen molar-refractivity contribution in [3.63, 3.8) is 0 Å². The molecule has 2 saturated heterocycles. The van der Waals surface area contributed by atoms with Crippen LogP contribution in [0.4, 0.5) is 10.5 Å². The van der Waals surface area contributed by atoms with Crippen LogP contribution < -0.4 is 4.90 Å². The topological polar surface area (TPSA) is 61.7 Å². The summed E-state index contributed by atoms with van der Waals surface area (Å²) in [4.78, 5) is 29.9. The summed E-state index contributed by atoms with van der Waals surface area (Å²) >= 11 is 0. The van der Waals surface area contributed by atoms with Crippen LogP contribution in [0.15, 0.2) is 12.4 Å². The Morgan fingerprint density at radius 1 is 1.22 bits per heavy atom. The second-order valence-corrected chi connectivity index (χ2v) is 6.89. The third-order valence-corrected chi connectivity index (χ3v) is 5.42. The standard InChI is InChI=1S/C16H23N5O2/c1-18-7-8-20(16(18)23)14-9-17-21(11-14)13-5-6-19(10-13)15(22)12-3-2-4-12/h9,11-13H,2-8,10H2,1H3. The van der Waals surface area contributed by atoms with Crippen LogP contribution >= 0.6 is 0 Å². The van der Waals surface area contributed by atoms with E-state index in [2.05, 4.69) is 5.10 Å². The van der Waals surface area contributed by atoms with E-state index in [1.807, 2.05) is 22.8 Å². The van der Waals surface area contributed by atoms with Gasteiger partial charge in [-0.25, -0.2) is 4.79 Å². The summed E-state index contributed by atoms with van der Waals surface area (Å²) in [6.45, 7) is 3.01. The molecule has 7 heteroatoms. The molecule has 1 atom stereocenters. The largest absolute Gasteiger partial charge is 0.340 e. The Balaban J connectivity index is 1.41. The number of urea groups is 1. The monoisotopic (exact) mass is 317 g/mol. The van der Waals surface area contributed by atoms with Crippen LogP contribution in [0, 0.1) is 5.92 Å². The van der Waals surface area contributed by atoms with E-state index in [0.29, 0.717) is 12.5 Å². The molecule has 1 unspecified atom stereocenters. The van der Waals surface area contributed by atoms with Crippen LogP contribution in [-0.2, 0) is 4.79 Å². The molecule has 0 bridgehead atoms. The van der Waals surface area contributed by atoms with Crippen molar-refractivity contribution in [1.29, 1.82) is 0 Å². The Morgan fingerprint density at radius 2 is 2.04 bits per heavy atom. The molecule has 3 fully saturated rings. The van der Waals surface area contributed by atoms with Gasteiger partial charge in [0.15, 0.2) is 0 Å². The van der Waals surface area contributed by atoms with Gasteiger partial charge < -0.3 is 9.80 Å². The lowest BCUT2D eigenvalue weighted by atomic mass is 9.84. The molecular formula is C16H23N5O2. The summed E-state index contributed by atoms with van der Waals surface area (Å²) in [5, 5.41) is 4.44. The average molecular weight is 317 g/mol. The van der Waals surface area contributed by atoms with Gasteiger partial charge >= 0.3 is 6.03 Å². The Bertz CT molecular complexity index is 624. The number of likely N-dealkylation sites (tertiary alicyclic amines) is 1. The lowest BCUT2D eigenvalue weighted by molar-refractivity contribution is -0.137. The number of nitrogens with zero attached hydrogens (tertiary/aromatic N) is 5. The van der Waals surface area contributed by atoms with Crippen molar-refractivity contribution in [2.24, 2.45) is 5.92 Å². The fraction of sp³-hybridized carbons (Fsp3) is 0.688. The van der Waals surface area contributed by atoms with Gasteiger partial charge in [-0.05, 0) is 19.3 Å². The molecule has 0 aromatic carbocycles. The minimum atomic E-state index is 0.0257. The molecule has 0 radical (unpaired) electrons. The van der Waals surface area contributed by atoms with Crippen molar-refractivity contribution in [3.8, 4) is 0 Å². The van der Waals surface area contributed by atoms with Crippen LogP contribution in [0.3, 0.4) is 0 Å². The number of rotatable bonds is 3. The van der Waals surface area contributed by atoms with E-state index in [4.69, 9.17) is 0 Å². The SMILES string of the molecule is CN1CCN(c2cnn(C3CCN(C(=O)C4CCC4)C3)c2)C1=O. The number of amides is 3. The molecule has 124 valence electrons. The second kappa shape index (κ2) is 5.54. The van der Waals surface area contributed by atoms with Gasteiger partial charge in [0.05, 0.1) is 17.9 Å². The summed E-state index contributed by atoms with van der Waals surface area (Å²) in [7, 11) is 1.81. The first-order chi connectivity index (χ1) is 11.1. The van der Waals surface area contributed by atoms with Gasteiger partial charge in [0.2, 0.25) is 5.91 Å². The molecule has 0 spiro atoms. The molecule has 2 aliphatic heterocycles. The lowest BCUT2D eigenvalue weighted by Gasteiger charge is -2.29. The molecule has 3 aliphatic rings. The van der Waals surface area contributed by atoms with Gasteiger partial charge in [-0.15, -0.1) is 0 Å². The Morgan fingerprint density at radius 3 is 2.70 bits per heavy atom. The van der Waals surface area contributed by atoms with E-state index in [1.165, 1.54) is 6.42 Å². The van der Waals surface area contributed by atoms with Crippen molar-refractivity contribution in [3.05, 3.63) is 12.4 Å². The minimum absolute atomic E-state index is 0.0257. The first-order valence-electron chi connectivity index (χ1n) is 8.49. The second-order valence-electron chi connectivity index (χ2n) is 6.89. The molecule has 3 heterocycles. The number of anilines is 1. The molecule has 1 aliphatic carbocycles. The molecule has 4 rings (SSSR count). The van der Waals surface area contributed by atoms with Crippen molar-refractivity contribution in [1.82, 2.24) is 19.6 Å². The van der Waals surface area contributed by atoms with E-state index >= 15 is 0 Å². The fourth-order valence-corrected chi connectivity index (χ4v) is 3.63. The molecule has 1 aromatic rings. The quantitative estimate of drug-likeness (QED) is 0.845. The van der Waals surface area contributed by atoms with Crippen LogP contribution in [0.25, 0.3) is 0 Å². The maximum atomic E-state index is 12.3. The van der Waals surface area contributed by atoms with Crippen molar-refractivity contribution in [2.75, 3.05) is 38.1 Å². The van der Waals surface area contributed by atoms with Gasteiger partial charge in [-0.1, -0.05) is 6.42 Å². The smallest absolute Gasteiger partial charge is 0.324 e. The maximum Gasteiger partial charge on any atom is 0.324 e. The predicted molar refractivity (Wildman–Crippen MR) is 85.2 cm³/mol. The highest BCUT2D eigenvalue weighted by Gasteiger charge is 2.35. The zero-order valence-corrected chi connectivity index (χ0v) is 13.5.